The second-order valence-electron chi connectivity index (χ2n) is 12.6. The van der Waals surface area contributed by atoms with Crippen molar-refractivity contribution in [3.8, 4) is 5.75 Å². The second kappa shape index (κ2) is 16.5. The van der Waals surface area contributed by atoms with Crippen LogP contribution >= 0.6 is 0 Å². The van der Waals surface area contributed by atoms with Crippen LogP contribution in [0.1, 0.15) is 61.8 Å². The summed E-state index contributed by atoms with van der Waals surface area (Å²) in [6.07, 6.45) is 1.41. The van der Waals surface area contributed by atoms with Gasteiger partial charge in [0.25, 0.3) is 15.9 Å². The molecule has 0 fully saturated rings. The number of carbonyl (C=O) groups is 2. The molecule has 0 spiro atoms. The lowest BCUT2D eigenvalue weighted by Gasteiger charge is -2.35. The van der Waals surface area contributed by atoms with Crippen LogP contribution in [-0.4, -0.2) is 92.0 Å². The first-order chi connectivity index (χ1) is 23.2. The number of aliphatic hydroxyl groups is 1. The van der Waals surface area contributed by atoms with Crippen molar-refractivity contribution in [2.75, 3.05) is 43.4 Å². The molecule has 0 bridgehead atoms. The number of amides is 3. The number of hydrogen-bond donors (Lipinski definition) is 3. The first-order valence-corrected chi connectivity index (χ1v) is 17.8. The molecule has 1 aliphatic heterocycles. The number of likely N-dealkylation sites (N-methyl/N-ethyl adjacent to an activating group) is 1. The minimum absolute atomic E-state index is 0.101. The van der Waals surface area contributed by atoms with E-state index in [0.29, 0.717) is 30.2 Å². The maximum atomic E-state index is 14.3. The fourth-order valence-corrected chi connectivity index (χ4v) is 6.54. The summed E-state index contributed by atoms with van der Waals surface area (Å²) >= 11 is 0. The van der Waals surface area contributed by atoms with Crippen LogP contribution in [0.5, 0.6) is 5.75 Å². The van der Waals surface area contributed by atoms with Crippen molar-refractivity contribution >= 4 is 33.3 Å². The zero-order valence-electron chi connectivity index (χ0n) is 28.7. The number of benzene rings is 2. The van der Waals surface area contributed by atoms with Gasteiger partial charge in [-0.25, -0.2) is 17.6 Å². The van der Waals surface area contributed by atoms with Gasteiger partial charge in [0.1, 0.15) is 22.9 Å². The third-order valence-electron chi connectivity index (χ3n) is 8.49. The van der Waals surface area contributed by atoms with E-state index in [9.17, 15) is 27.5 Å². The van der Waals surface area contributed by atoms with E-state index in [1.54, 1.807) is 33.9 Å². The van der Waals surface area contributed by atoms with Gasteiger partial charge in [0.05, 0.1) is 35.3 Å². The average molecular weight is 704 g/mol. The number of hydrogen-bond acceptors (Lipinski definition) is 9. The monoisotopic (exact) mass is 703 g/mol. The summed E-state index contributed by atoms with van der Waals surface area (Å²) in [6.45, 7) is 9.38. The Kier molecular flexibility index (Phi) is 12.6. The van der Waals surface area contributed by atoms with Crippen molar-refractivity contribution in [3.05, 3.63) is 65.3 Å². The van der Waals surface area contributed by atoms with Crippen LogP contribution in [0.25, 0.3) is 0 Å². The van der Waals surface area contributed by atoms with Gasteiger partial charge in [-0.05, 0) is 89.4 Å². The third-order valence-corrected chi connectivity index (χ3v) is 9.89. The highest BCUT2D eigenvalue weighted by Crippen LogP contribution is 2.30. The predicted molar refractivity (Wildman–Crippen MR) is 182 cm³/mol. The zero-order valence-corrected chi connectivity index (χ0v) is 29.5. The SMILES string of the molecule is Cc1noc(C)c1NC(=O)N(C)C[C@@H]1OCCCC[C@H](C)Oc2ccc(NS(=O)(=O)c3ccc(F)cc3)cc2C(=O)N([C@H](C)CO)C[C@@H]1C. The van der Waals surface area contributed by atoms with Crippen LogP contribution < -0.4 is 14.8 Å². The summed E-state index contributed by atoms with van der Waals surface area (Å²) in [5, 5.41) is 16.9. The summed E-state index contributed by atoms with van der Waals surface area (Å²) in [5.41, 5.74) is 1.26. The third kappa shape index (κ3) is 9.70. The minimum atomic E-state index is -4.11. The number of nitrogens with zero attached hydrogens (tertiary/aromatic N) is 3. The van der Waals surface area contributed by atoms with Crippen molar-refractivity contribution in [1.29, 1.82) is 0 Å². The minimum Gasteiger partial charge on any atom is -0.490 e. The predicted octanol–water partition coefficient (Wildman–Crippen LogP) is 5.19. The molecule has 49 heavy (non-hydrogen) atoms. The molecular formula is C34H46FN5O8S. The first kappa shape index (κ1) is 37.6. The van der Waals surface area contributed by atoms with Gasteiger partial charge in [-0.15, -0.1) is 0 Å². The van der Waals surface area contributed by atoms with Gasteiger partial charge in [-0.2, -0.15) is 0 Å². The lowest BCUT2D eigenvalue weighted by molar-refractivity contribution is -0.0115. The van der Waals surface area contributed by atoms with Crippen LogP contribution in [0.15, 0.2) is 51.9 Å². The first-order valence-electron chi connectivity index (χ1n) is 16.3. The number of urea groups is 1. The van der Waals surface area contributed by atoms with Gasteiger partial charge < -0.3 is 34.2 Å². The fourth-order valence-electron chi connectivity index (χ4n) is 5.49. The smallest absolute Gasteiger partial charge is 0.321 e. The van der Waals surface area contributed by atoms with Gasteiger partial charge >= 0.3 is 6.03 Å². The molecule has 3 N–H and O–H groups in total. The van der Waals surface area contributed by atoms with Crippen LogP contribution in [0.4, 0.5) is 20.6 Å². The molecular weight excluding hydrogens is 657 g/mol. The Hall–Kier alpha value is -4.21. The second-order valence-corrected chi connectivity index (χ2v) is 14.3. The number of ether oxygens (including phenoxy) is 2. The highest BCUT2D eigenvalue weighted by Gasteiger charge is 2.31. The molecule has 4 atom stereocenters. The van der Waals surface area contributed by atoms with E-state index >= 15 is 0 Å². The molecule has 13 nitrogen and oxygen atoms in total. The number of halogens is 1. The quantitative estimate of drug-likeness (QED) is 0.287. The van der Waals surface area contributed by atoms with Crippen LogP contribution in [0.3, 0.4) is 0 Å². The van der Waals surface area contributed by atoms with E-state index in [1.807, 2.05) is 13.8 Å². The number of rotatable bonds is 8. The molecule has 0 aliphatic carbocycles. The Labute approximate surface area is 286 Å². The van der Waals surface area contributed by atoms with E-state index in [-0.39, 0.29) is 59.6 Å². The Balaban J connectivity index is 1.63. The van der Waals surface area contributed by atoms with Crippen LogP contribution in [0, 0.1) is 25.6 Å². The molecule has 3 aromatic rings. The van der Waals surface area contributed by atoms with E-state index in [1.165, 1.54) is 21.9 Å². The number of aliphatic hydroxyl groups excluding tert-OH is 1. The molecule has 268 valence electrons. The summed E-state index contributed by atoms with van der Waals surface area (Å²) < 4.78 is 59.8. The van der Waals surface area contributed by atoms with Gasteiger partial charge in [0, 0.05) is 38.3 Å². The lowest BCUT2D eigenvalue weighted by atomic mass is 10.0. The van der Waals surface area contributed by atoms with Gasteiger partial charge in [0.15, 0.2) is 5.76 Å². The number of sulfonamides is 1. The van der Waals surface area contributed by atoms with E-state index in [2.05, 4.69) is 15.2 Å². The van der Waals surface area contributed by atoms with Crippen molar-refractivity contribution in [1.82, 2.24) is 15.0 Å². The molecule has 2 heterocycles. The molecule has 0 radical (unpaired) electrons. The molecule has 1 aliphatic rings. The molecule has 0 saturated carbocycles. The highest BCUT2D eigenvalue weighted by molar-refractivity contribution is 7.92. The van der Waals surface area contributed by atoms with E-state index < -0.39 is 33.9 Å². The Morgan fingerprint density at radius 3 is 2.53 bits per heavy atom. The Bertz CT molecular complexity index is 1680. The molecule has 2 aromatic carbocycles. The topological polar surface area (TPSA) is 164 Å². The standard InChI is InChI=1S/C34H46FN5O8S/c1-21-18-40(22(2)20-41)33(42)29-17-27(38-49(44,45)28-13-10-26(35)11-14-28)12-15-30(29)47-23(3)9-7-8-16-46-31(21)19-39(6)34(43)36-32-24(4)37-48-25(32)5/h10-15,17,21-23,31,38,41H,7-9,16,18-20H2,1-6H3,(H,36,43)/t21-,22+,23-,31-/m0/s1. The maximum Gasteiger partial charge on any atom is 0.321 e. The Morgan fingerprint density at radius 2 is 1.88 bits per heavy atom. The summed E-state index contributed by atoms with van der Waals surface area (Å²) in [4.78, 5) is 30.4. The van der Waals surface area contributed by atoms with E-state index in [4.69, 9.17) is 14.0 Å². The summed E-state index contributed by atoms with van der Waals surface area (Å²) in [7, 11) is -2.46. The largest absolute Gasteiger partial charge is 0.490 e. The summed E-state index contributed by atoms with van der Waals surface area (Å²) in [6, 6.07) is 7.83. The molecule has 0 saturated heterocycles. The van der Waals surface area contributed by atoms with Crippen LogP contribution in [-0.2, 0) is 14.8 Å². The average Bonchev–Trinajstić information content (AvgIpc) is 3.38. The number of aryl methyl sites for hydroxylation is 2. The van der Waals surface area contributed by atoms with E-state index in [0.717, 1.165) is 37.1 Å². The van der Waals surface area contributed by atoms with Crippen molar-refractivity contribution in [2.24, 2.45) is 5.92 Å². The zero-order chi connectivity index (χ0) is 35.9. The number of aromatic nitrogens is 1. The van der Waals surface area contributed by atoms with Crippen LogP contribution in [0.2, 0.25) is 0 Å². The number of fused-ring (bicyclic) bond motifs is 1. The number of nitrogens with one attached hydrogen (secondary N) is 2. The summed E-state index contributed by atoms with van der Waals surface area (Å²) in [5.74, 6) is -0.615. The highest BCUT2D eigenvalue weighted by atomic mass is 32.2. The number of carbonyl (C=O) groups excluding carboxylic acids is 2. The lowest BCUT2D eigenvalue weighted by Crippen LogP contribution is -2.48. The number of anilines is 2. The maximum absolute atomic E-state index is 14.3. The van der Waals surface area contributed by atoms with Gasteiger partial charge in [0.2, 0.25) is 0 Å². The molecule has 0 unspecified atom stereocenters. The van der Waals surface area contributed by atoms with Crippen molar-refractivity contribution in [2.45, 2.75) is 77.0 Å². The van der Waals surface area contributed by atoms with Crippen molar-refractivity contribution in [3.63, 3.8) is 0 Å². The normalized spacial score (nSPS) is 20.0. The van der Waals surface area contributed by atoms with Crippen molar-refractivity contribution < 1.29 is 41.5 Å². The molecule has 15 heteroatoms. The molecule has 1 aromatic heterocycles. The fraction of sp³-hybridized carbons (Fsp3) is 0.500. The molecule has 3 amide bonds. The molecule has 4 rings (SSSR count). The Morgan fingerprint density at radius 1 is 1.16 bits per heavy atom. The van der Waals surface area contributed by atoms with Gasteiger partial charge in [-0.1, -0.05) is 12.1 Å². The van der Waals surface area contributed by atoms with Gasteiger partial charge in [-0.3, -0.25) is 9.52 Å².